The highest BCUT2D eigenvalue weighted by atomic mass is 35.5. The third-order valence-corrected chi connectivity index (χ3v) is 7.44. The van der Waals surface area contributed by atoms with Crippen LogP contribution in [0.15, 0.2) is 36.4 Å². The minimum atomic E-state index is 0.0310. The molecule has 0 N–H and O–H groups in total. The molecule has 0 aliphatic carbocycles. The highest BCUT2D eigenvalue weighted by Gasteiger charge is 2.11. The zero-order valence-electron chi connectivity index (χ0n) is 16.3. The lowest BCUT2D eigenvalue weighted by atomic mass is 10.1. The van der Waals surface area contributed by atoms with E-state index in [-0.39, 0.29) is 11.6 Å². The maximum Gasteiger partial charge on any atom is 0.174 e. The van der Waals surface area contributed by atoms with Gasteiger partial charge in [0.15, 0.2) is 11.6 Å². The summed E-state index contributed by atoms with van der Waals surface area (Å²) in [6, 6.07) is 9.91. The van der Waals surface area contributed by atoms with Crippen LogP contribution < -0.4 is 0 Å². The summed E-state index contributed by atoms with van der Waals surface area (Å²) in [5, 5.41) is 1.87. The van der Waals surface area contributed by atoms with Crippen LogP contribution in [0, 0.1) is 0 Å². The predicted octanol–water partition coefficient (Wildman–Crippen LogP) is 8.39. The molecule has 0 heterocycles. The lowest BCUT2D eigenvalue weighted by molar-refractivity contribution is 0.101. The van der Waals surface area contributed by atoms with Gasteiger partial charge in [-0.15, -0.1) is 0 Å². The van der Waals surface area contributed by atoms with Crippen molar-refractivity contribution in [3.05, 3.63) is 67.6 Å². The van der Waals surface area contributed by atoms with Gasteiger partial charge in [0, 0.05) is 21.2 Å². The zero-order valence-corrected chi connectivity index (χ0v) is 20.9. The maximum absolute atomic E-state index is 12.2. The molecule has 0 bridgehead atoms. The van der Waals surface area contributed by atoms with Crippen molar-refractivity contribution in [1.29, 1.82) is 0 Å². The molecule has 162 valence electrons. The molecule has 0 saturated carbocycles. The van der Waals surface area contributed by atoms with Crippen LogP contribution in [0.5, 0.6) is 0 Å². The number of halogens is 4. The SMILES string of the molecule is O=C(CSCCCCCCSCC(=O)c1ccc(Cl)cc1Cl)c1ccc(Cl)cc1Cl. The smallest absolute Gasteiger partial charge is 0.174 e. The molecule has 0 atom stereocenters. The molecule has 0 amide bonds. The van der Waals surface area contributed by atoms with Crippen LogP contribution in [0.4, 0.5) is 0 Å². The van der Waals surface area contributed by atoms with E-state index in [9.17, 15) is 9.59 Å². The van der Waals surface area contributed by atoms with Crippen LogP contribution >= 0.6 is 69.9 Å². The summed E-state index contributed by atoms with van der Waals surface area (Å²) in [4.78, 5) is 24.4. The fourth-order valence-corrected chi connectivity index (χ4v) is 5.49. The number of Topliss-reactive ketones (excluding diaryl/α,β-unsaturated/α-hetero) is 2. The first-order chi connectivity index (χ1) is 14.4. The Morgan fingerprint density at radius 1 is 0.633 bits per heavy atom. The summed E-state index contributed by atoms with van der Waals surface area (Å²) in [5.74, 6) is 2.79. The van der Waals surface area contributed by atoms with Gasteiger partial charge in [-0.1, -0.05) is 59.2 Å². The number of carbonyl (C=O) groups is 2. The van der Waals surface area contributed by atoms with Crippen LogP contribution in [0.1, 0.15) is 46.4 Å². The number of rotatable bonds is 13. The molecular weight excluding hydrogens is 502 g/mol. The van der Waals surface area contributed by atoms with E-state index in [0.29, 0.717) is 42.7 Å². The standard InChI is InChI=1S/C22H22Cl4O2S2/c23-15-5-7-17(19(25)11-15)21(27)13-29-9-3-1-2-4-10-30-14-22(28)18-8-6-16(24)12-20(18)26/h5-8,11-12H,1-4,9-10,13-14H2. The first-order valence-electron chi connectivity index (χ1n) is 9.50. The van der Waals surface area contributed by atoms with E-state index in [1.807, 2.05) is 0 Å². The third-order valence-electron chi connectivity index (χ3n) is 4.26. The van der Waals surface area contributed by atoms with E-state index in [4.69, 9.17) is 46.4 Å². The zero-order chi connectivity index (χ0) is 21.9. The van der Waals surface area contributed by atoms with E-state index < -0.39 is 0 Å². The van der Waals surface area contributed by atoms with Crippen molar-refractivity contribution >= 4 is 81.5 Å². The number of carbonyl (C=O) groups excluding carboxylic acids is 2. The molecule has 0 unspecified atom stereocenters. The monoisotopic (exact) mass is 522 g/mol. The Morgan fingerprint density at radius 2 is 1.03 bits per heavy atom. The fraction of sp³-hybridized carbons (Fsp3) is 0.364. The van der Waals surface area contributed by atoms with E-state index in [2.05, 4.69) is 0 Å². The predicted molar refractivity (Wildman–Crippen MR) is 135 cm³/mol. The molecule has 0 spiro atoms. The number of ketones is 2. The molecule has 2 aromatic carbocycles. The summed E-state index contributed by atoms with van der Waals surface area (Å²) in [5.41, 5.74) is 1.06. The van der Waals surface area contributed by atoms with Gasteiger partial charge in [-0.25, -0.2) is 0 Å². The van der Waals surface area contributed by atoms with Crippen LogP contribution in [0.25, 0.3) is 0 Å². The maximum atomic E-state index is 12.2. The Balaban J connectivity index is 1.50. The molecule has 8 heteroatoms. The number of benzene rings is 2. The Kier molecular flexibility index (Phi) is 12.0. The minimum Gasteiger partial charge on any atom is -0.293 e. The van der Waals surface area contributed by atoms with Crippen molar-refractivity contribution < 1.29 is 9.59 Å². The van der Waals surface area contributed by atoms with Gasteiger partial charge in [0.2, 0.25) is 0 Å². The Labute approximate surface area is 206 Å². The number of hydrogen-bond acceptors (Lipinski definition) is 4. The van der Waals surface area contributed by atoms with Crippen molar-refractivity contribution in [2.24, 2.45) is 0 Å². The number of thioether (sulfide) groups is 2. The molecule has 2 rings (SSSR count). The molecule has 2 aromatic rings. The van der Waals surface area contributed by atoms with Crippen molar-refractivity contribution in [3.63, 3.8) is 0 Å². The van der Waals surface area contributed by atoms with Crippen molar-refractivity contribution in [1.82, 2.24) is 0 Å². The average molecular weight is 524 g/mol. The van der Waals surface area contributed by atoms with Crippen LogP contribution in [-0.4, -0.2) is 34.6 Å². The number of unbranched alkanes of at least 4 members (excludes halogenated alkanes) is 3. The van der Waals surface area contributed by atoms with E-state index in [0.717, 1.165) is 37.2 Å². The second kappa shape index (κ2) is 13.9. The van der Waals surface area contributed by atoms with E-state index in [1.54, 1.807) is 59.9 Å². The van der Waals surface area contributed by atoms with Gasteiger partial charge >= 0.3 is 0 Å². The molecule has 2 nitrogen and oxygen atoms in total. The molecule has 0 aromatic heterocycles. The fourth-order valence-electron chi connectivity index (χ4n) is 2.68. The molecular formula is C22H22Cl4O2S2. The summed E-state index contributed by atoms with van der Waals surface area (Å²) >= 11 is 27.1. The molecule has 30 heavy (non-hydrogen) atoms. The van der Waals surface area contributed by atoms with Crippen molar-refractivity contribution in [2.75, 3.05) is 23.0 Å². The van der Waals surface area contributed by atoms with Gasteiger partial charge in [0.1, 0.15) is 0 Å². The first kappa shape index (κ1) is 25.9. The molecule has 0 aliphatic heterocycles. The average Bonchev–Trinajstić information content (AvgIpc) is 2.69. The topological polar surface area (TPSA) is 34.1 Å². The van der Waals surface area contributed by atoms with Crippen molar-refractivity contribution in [3.8, 4) is 0 Å². The molecule has 0 radical (unpaired) electrons. The summed E-state index contributed by atoms with van der Waals surface area (Å²) in [6.45, 7) is 0. The van der Waals surface area contributed by atoms with E-state index in [1.165, 1.54) is 0 Å². The van der Waals surface area contributed by atoms with Crippen LogP contribution in [0.3, 0.4) is 0 Å². The third kappa shape index (κ3) is 9.02. The summed E-state index contributed by atoms with van der Waals surface area (Å²) < 4.78 is 0. The van der Waals surface area contributed by atoms with Gasteiger partial charge in [0.25, 0.3) is 0 Å². The number of hydrogen-bond donors (Lipinski definition) is 0. The lowest BCUT2D eigenvalue weighted by Crippen LogP contribution is -2.04. The first-order valence-corrected chi connectivity index (χ1v) is 13.3. The van der Waals surface area contributed by atoms with Gasteiger partial charge in [0.05, 0.1) is 21.6 Å². The quantitative estimate of drug-likeness (QED) is 0.195. The Bertz CT molecular complexity index is 803. The van der Waals surface area contributed by atoms with E-state index >= 15 is 0 Å². The largest absolute Gasteiger partial charge is 0.293 e. The summed E-state index contributed by atoms with van der Waals surface area (Å²) in [7, 11) is 0. The highest BCUT2D eigenvalue weighted by molar-refractivity contribution is 8.00. The normalized spacial score (nSPS) is 10.9. The second-order valence-electron chi connectivity index (χ2n) is 6.61. The second-order valence-corrected chi connectivity index (χ2v) is 10.5. The Morgan fingerprint density at radius 3 is 1.40 bits per heavy atom. The molecule has 0 saturated heterocycles. The molecule has 0 aliphatic rings. The summed E-state index contributed by atoms with van der Waals surface area (Å²) in [6.07, 6.45) is 4.35. The van der Waals surface area contributed by atoms with Crippen LogP contribution in [0.2, 0.25) is 20.1 Å². The van der Waals surface area contributed by atoms with Gasteiger partial charge < -0.3 is 0 Å². The minimum absolute atomic E-state index is 0.0310. The van der Waals surface area contributed by atoms with Gasteiger partial charge in [-0.2, -0.15) is 23.5 Å². The van der Waals surface area contributed by atoms with Crippen molar-refractivity contribution in [2.45, 2.75) is 25.7 Å². The highest BCUT2D eigenvalue weighted by Crippen LogP contribution is 2.24. The molecule has 0 fully saturated rings. The Hall–Kier alpha value is -0.360. The lowest BCUT2D eigenvalue weighted by Gasteiger charge is -2.05. The van der Waals surface area contributed by atoms with Gasteiger partial charge in [-0.3, -0.25) is 9.59 Å². The van der Waals surface area contributed by atoms with Gasteiger partial charge in [-0.05, 0) is 60.7 Å². The van der Waals surface area contributed by atoms with Crippen LogP contribution in [-0.2, 0) is 0 Å².